The van der Waals surface area contributed by atoms with Crippen LogP contribution in [0.1, 0.15) is 0 Å². The van der Waals surface area contributed by atoms with Gasteiger partial charge in [-0.15, -0.1) is 0 Å². The summed E-state index contributed by atoms with van der Waals surface area (Å²) in [5.41, 5.74) is 1.85. The van der Waals surface area contributed by atoms with Crippen molar-refractivity contribution in [3.8, 4) is 11.3 Å². The molecule has 0 amide bonds. The highest BCUT2D eigenvalue weighted by Crippen LogP contribution is 2.18. The van der Waals surface area contributed by atoms with Gasteiger partial charge in [0.25, 0.3) is 0 Å². The third-order valence-corrected chi connectivity index (χ3v) is 2.63. The molecule has 0 spiro atoms. The number of benzene rings is 1. The first-order chi connectivity index (χ1) is 7.58. The van der Waals surface area contributed by atoms with Crippen LogP contribution in [0.4, 0.5) is 0 Å². The first kappa shape index (κ1) is 11.2. The Bertz CT molecular complexity index is 513. The molecule has 0 atom stereocenters. The zero-order chi connectivity index (χ0) is 11.7. The van der Waals surface area contributed by atoms with Crippen LogP contribution in [0, 0.1) is 0 Å². The molecule has 1 aromatic heterocycles. The van der Waals surface area contributed by atoms with Crippen molar-refractivity contribution >= 4 is 24.2 Å². The van der Waals surface area contributed by atoms with Crippen LogP contribution >= 0.6 is 11.6 Å². The van der Waals surface area contributed by atoms with E-state index in [1.165, 1.54) is 0 Å². The normalized spacial score (nSPS) is 10.5. The molecule has 2 rings (SSSR count). The third kappa shape index (κ3) is 2.11. The summed E-state index contributed by atoms with van der Waals surface area (Å²) < 4.78 is 1.68. The predicted molar refractivity (Wildman–Crippen MR) is 63.5 cm³/mol. The van der Waals surface area contributed by atoms with E-state index < -0.39 is 7.12 Å². The second-order valence-electron chi connectivity index (χ2n) is 3.48. The molecule has 16 heavy (non-hydrogen) atoms. The third-order valence-electron chi connectivity index (χ3n) is 2.28. The van der Waals surface area contributed by atoms with Crippen molar-refractivity contribution in [2.45, 2.75) is 0 Å². The van der Waals surface area contributed by atoms with Gasteiger partial charge in [-0.2, -0.15) is 5.10 Å². The molecule has 0 radical (unpaired) electrons. The summed E-state index contributed by atoms with van der Waals surface area (Å²) in [6.07, 6.45) is 1.82. The largest absolute Gasteiger partial charge is 0.489 e. The van der Waals surface area contributed by atoms with Crippen LogP contribution in [-0.2, 0) is 7.05 Å². The number of hydrogen-bond acceptors (Lipinski definition) is 3. The Balaban J connectivity index is 2.47. The molecule has 0 fully saturated rings. The summed E-state index contributed by atoms with van der Waals surface area (Å²) in [6, 6.07) is 6.88. The lowest BCUT2D eigenvalue weighted by molar-refractivity contribution is 0.426. The van der Waals surface area contributed by atoms with Crippen LogP contribution in [0.25, 0.3) is 11.3 Å². The highest BCUT2D eigenvalue weighted by atomic mass is 35.5. The fraction of sp³-hybridized carbons (Fsp3) is 0.100. The van der Waals surface area contributed by atoms with Crippen LogP contribution in [-0.4, -0.2) is 26.9 Å². The van der Waals surface area contributed by atoms with Crippen molar-refractivity contribution in [2.75, 3.05) is 0 Å². The van der Waals surface area contributed by atoms with Gasteiger partial charge in [-0.1, -0.05) is 23.7 Å². The number of halogens is 1. The quantitative estimate of drug-likeness (QED) is 0.743. The average Bonchev–Trinajstić information content (AvgIpc) is 2.65. The maximum absolute atomic E-state index is 9.13. The molecule has 0 aliphatic carbocycles. The van der Waals surface area contributed by atoms with E-state index in [0.29, 0.717) is 5.02 Å². The summed E-state index contributed by atoms with van der Waals surface area (Å²) >= 11 is 5.84. The molecule has 0 aliphatic heterocycles. The fourth-order valence-electron chi connectivity index (χ4n) is 1.47. The minimum Gasteiger partial charge on any atom is -0.423 e. The molecule has 6 heteroatoms. The molecular formula is C10H10BClN2O2. The maximum Gasteiger partial charge on any atom is 0.489 e. The van der Waals surface area contributed by atoms with E-state index in [4.69, 9.17) is 21.6 Å². The predicted octanol–water partition coefficient (Wildman–Crippen LogP) is 0.420. The van der Waals surface area contributed by atoms with Crippen molar-refractivity contribution < 1.29 is 10.0 Å². The minimum atomic E-state index is -1.57. The van der Waals surface area contributed by atoms with E-state index in [-0.39, 0.29) is 5.46 Å². The Morgan fingerprint density at radius 3 is 2.62 bits per heavy atom. The Hall–Kier alpha value is -1.30. The summed E-state index contributed by atoms with van der Waals surface area (Å²) in [7, 11) is 0.248. The standard InChI is InChI=1S/C10H10BClN2O2/c1-14-5-4-10(13-14)7-2-3-9(12)8(6-7)11(15)16/h2-6,15-16H,1H3. The lowest BCUT2D eigenvalue weighted by atomic mass is 9.79. The summed E-state index contributed by atoms with van der Waals surface area (Å²) in [5.74, 6) is 0. The minimum absolute atomic E-state index is 0.282. The topological polar surface area (TPSA) is 58.3 Å². The summed E-state index contributed by atoms with van der Waals surface area (Å²) in [4.78, 5) is 0. The Morgan fingerprint density at radius 2 is 2.06 bits per heavy atom. The zero-order valence-electron chi connectivity index (χ0n) is 8.63. The highest BCUT2D eigenvalue weighted by molar-refractivity contribution is 6.62. The molecule has 0 saturated carbocycles. The lowest BCUT2D eigenvalue weighted by Crippen LogP contribution is -2.30. The van der Waals surface area contributed by atoms with Gasteiger partial charge < -0.3 is 10.0 Å². The van der Waals surface area contributed by atoms with E-state index in [1.54, 1.807) is 22.9 Å². The molecule has 0 bridgehead atoms. The number of nitrogens with zero attached hydrogens (tertiary/aromatic N) is 2. The molecule has 1 heterocycles. The number of rotatable bonds is 2. The first-order valence-corrected chi connectivity index (χ1v) is 5.11. The molecule has 0 unspecified atom stereocenters. The van der Waals surface area contributed by atoms with Crippen molar-refractivity contribution in [3.63, 3.8) is 0 Å². The van der Waals surface area contributed by atoms with Crippen molar-refractivity contribution in [1.29, 1.82) is 0 Å². The van der Waals surface area contributed by atoms with Gasteiger partial charge in [0.05, 0.1) is 5.69 Å². The molecule has 2 aromatic rings. The number of hydrogen-bond donors (Lipinski definition) is 2. The molecular weight excluding hydrogens is 226 g/mol. The van der Waals surface area contributed by atoms with Crippen LogP contribution in [0.5, 0.6) is 0 Å². The van der Waals surface area contributed by atoms with E-state index in [9.17, 15) is 0 Å². The molecule has 4 nitrogen and oxygen atoms in total. The van der Waals surface area contributed by atoms with E-state index in [0.717, 1.165) is 11.3 Å². The monoisotopic (exact) mass is 236 g/mol. The number of aromatic nitrogens is 2. The van der Waals surface area contributed by atoms with E-state index in [1.807, 2.05) is 19.3 Å². The van der Waals surface area contributed by atoms with Gasteiger partial charge in [0.15, 0.2) is 0 Å². The Labute approximate surface area is 98.2 Å². The van der Waals surface area contributed by atoms with Gasteiger partial charge in [0.1, 0.15) is 0 Å². The van der Waals surface area contributed by atoms with Gasteiger partial charge in [0.2, 0.25) is 0 Å². The van der Waals surface area contributed by atoms with E-state index in [2.05, 4.69) is 5.10 Å². The maximum atomic E-state index is 9.13. The second-order valence-corrected chi connectivity index (χ2v) is 3.89. The van der Waals surface area contributed by atoms with Crippen molar-refractivity contribution in [1.82, 2.24) is 9.78 Å². The smallest absolute Gasteiger partial charge is 0.423 e. The zero-order valence-corrected chi connectivity index (χ0v) is 9.39. The summed E-state index contributed by atoms with van der Waals surface area (Å²) in [5, 5.41) is 22.8. The van der Waals surface area contributed by atoms with E-state index >= 15 is 0 Å². The molecule has 1 aromatic carbocycles. The van der Waals surface area contributed by atoms with Gasteiger partial charge in [0, 0.05) is 29.3 Å². The molecule has 0 aliphatic rings. The molecule has 82 valence electrons. The lowest BCUT2D eigenvalue weighted by Gasteiger charge is -2.04. The Kier molecular flexibility index (Phi) is 3.00. The molecule has 2 N–H and O–H groups in total. The highest BCUT2D eigenvalue weighted by Gasteiger charge is 2.16. The van der Waals surface area contributed by atoms with Crippen molar-refractivity contribution in [3.05, 3.63) is 35.5 Å². The van der Waals surface area contributed by atoms with Crippen LogP contribution in [0.3, 0.4) is 0 Å². The SMILES string of the molecule is Cn1ccc(-c2ccc(Cl)c(B(O)O)c2)n1. The van der Waals surface area contributed by atoms with Gasteiger partial charge in [-0.25, -0.2) is 0 Å². The van der Waals surface area contributed by atoms with Gasteiger partial charge in [-0.05, 0) is 12.1 Å². The first-order valence-electron chi connectivity index (χ1n) is 4.73. The van der Waals surface area contributed by atoms with Crippen LogP contribution in [0.15, 0.2) is 30.5 Å². The van der Waals surface area contributed by atoms with Crippen LogP contribution in [0.2, 0.25) is 5.02 Å². The van der Waals surface area contributed by atoms with Crippen LogP contribution < -0.4 is 5.46 Å². The summed E-state index contributed by atoms with van der Waals surface area (Å²) in [6.45, 7) is 0. The average molecular weight is 236 g/mol. The number of aryl methyl sites for hydroxylation is 1. The van der Waals surface area contributed by atoms with Gasteiger partial charge >= 0.3 is 7.12 Å². The Morgan fingerprint density at radius 1 is 1.31 bits per heavy atom. The second kappa shape index (κ2) is 4.29. The van der Waals surface area contributed by atoms with Crippen molar-refractivity contribution in [2.24, 2.45) is 7.05 Å². The van der Waals surface area contributed by atoms with Gasteiger partial charge in [-0.3, -0.25) is 4.68 Å². The molecule has 0 saturated heterocycles. The fourth-order valence-corrected chi connectivity index (χ4v) is 1.69.